The number of likely N-dealkylation sites (tertiary alicyclic amines) is 1. The van der Waals surface area contributed by atoms with E-state index in [2.05, 4.69) is 32.3 Å². The zero-order valence-electron chi connectivity index (χ0n) is 13.6. The second-order valence-corrected chi connectivity index (χ2v) is 6.23. The summed E-state index contributed by atoms with van der Waals surface area (Å²) < 4.78 is 1.84. The lowest BCUT2D eigenvalue weighted by molar-refractivity contribution is 0.135. The summed E-state index contributed by atoms with van der Waals surface area (Å²) in [6, 6.07) is 16.7. The highest BCUT2D eigenvalue weighted by molar-refractivity contribution is 5.29. The summed E-state index contributed by atoms with van der Waals surface area (Å²) >= 11 is 0. The number of hydrogen-bond donors (Lipinski definition) is 0. The predicted molar refractivity (Wildman–Crippen MR) is 92.6 cm³/mol. The van der Waals surface area contributed by atoms with Crippen LogP contribution in [0.3, 0.4) is 0 Å². The molecule has 3 aromatic rings. The molecule has 0 N–H and O–H groups in total. The van der Waals surface area contributed by atoms with Gasteiger partial charge in [-0.15, -0.1) is 5.10 Å². The van der Waals surface area contributed by atoms with Crippen LogP contribution in [0.4, 0.5) is 0 Å². The van der Waals surface area contributed by atoms with E-state index < -0.39 is 0 Å². The summed E-state index contributed by atoms with van der Waals surface area (Å²) in [5, 5.41) is 8.64. The van der Waals surface area contributed by atoms with Crippen LogP contribution in [0.2, 0.25) is 0 Å². The summed E-state index contributed by atoms with van der Waals surface area (Å²) in [5.74, 6) is 0. The molecular formula is C19H21N5. The maximum atomic E-state index is 4.56. The molecule has 1 aromatic carbocycles. The molecule has 1 aliphatic rings. The van der Waals surface area contributed by atoms with Crippen molar-refractivity contribution in [1.82, 2.24) is 24.9 Å². The molecule has 1 aliphatic heterocycles. The van der Waals surface area contributed by atoms with Gasteiger partial charge in [0.15, 0.2) is 0 Å². The normalized spacial score (nSPS) is 18.6. The van der Waals surface area contributed by atoms with E-state index in [0.29, 0.717) is 6.04 Å². The van der Waals surface area contributed by atoms with Crippen molar-refractivity contribution >= 4 is 0 Å². The SMILES string of the molecule is c1ccc(-n2cc(CN3CCCCC3c3ccccn3)nn2)cc1. The highest BCUT2D eigenvalue weighted by atomic mass is 15.4. The number of hydrogen-bond acceptors (Lipinski definition) is 4. The van der Waals surface area contributed by atoms with Gasteiger partial charge in [0, 0.05) is 12.7 Å². The monoisotopic (exact) mass is 319 g/mol. The molecule has 1 fully saturated rings. The van der Waals surface area contributed by atoms with Gasteiger partial charge in [-0.05, 0) is 43.7 Å². The molecule has 5 heteroatoms. The topological polar surface area (TPSA) is 46.8 Å². The lowest BCUT2D eigenvalue weighted by atomic mass is 9.98. The first-order valence-electron chi connectivity index (χ1n) is 8.52. The molecule has 0 amide bonds. The van der Waals surface area contributed by atoms with Crippen LogP contribution < -0.4 is 0 Å². The molecule has 0 bridgehead atoms. The zero-order chi connectivity index (χ0) is 16.2. The number of aromatic nitrogens is 4. The molecule has 0 spiro atoms. The van der Waals surface area contributed by atoms with Crippen molar-refractivity contribution in [2.45, 2.75) is 31.8 Å². The maximum Gasteiger partial charge on any atom is 0.0972 e. The molecule has 1 atom stereocenters. The number of piperidine rings is 1. The molecule has 0 radical (unpaired) electrons. The van der Waals surface area contributed by atoms with E-state index in [4.69, 9.17) is 0 Å². The molecule has 3 heterocycles. The fourth-order valence-corrected chi connectivity index (χ4v) is 3.37. The summed E-state index contributed by atoms with van der Waals surface area (Å²) in [6.07, 6.45) is 7.56. The number of rotatable bonds is 4. The van der Waals surface area contributed by atoms with E-state index >= 15 is 0 Å². The van der Waals surface area contributed by atoms with Crippen molar-refractivity contribution in [2.24, 2.45) is 0 Å². The molecule has 5 nitrogen and oxygen atoms in total. The zero-order valence-corrected chi connectivity index (χ0v) is 13.6. The summed E-state index contributed by atoms with van der Waals surface area (Å²) in [6.45, 7) is 1.90. The van der Waals surface area contributed by atoms with E-state index in [1.807, 2.05) is 53.5 Å². The number of nitrogens with zero attached hydrogens (tertiary/aromatic N) is 5. The van der Waals surface area contributed by atoms with Crippen molar-refractivity contribution in [2.75, 3.05) is 6.54 Å². The highest BCUT2D eigenvalue weighted by Crippen LogP contribution is 2.30. The van der Waals surface area contributed by atoms with E-state index in [-0.39, 0.29) is 0 Å². The number of para-hydroxylation sites is 1. The van der Waals surface area contributed by atoms with Crippen LogP contribution >= 0.6 is 0 Å². The fourth-order valence-electron chi connectivity index (χ4n) is 3.37. The second-order valence-electron chi connectivity index (χ2n) is 6.23. The minimum atomic E-state index is 0.377. The second kappa shape index (κ2) is 6.93. The smallest absolute Gasteiger partial charge is 0.0972 e. The predicted octanol–water partition coefficient (Wildman–Crippen LogP) is 3.39. The molecule has 4 rings (SSSR count). The van der Waals surface area contributed by atoms with Gasteiger partial charge < -0.3 is 0 Å². The van der Waals surface area contributed by atoms with Crippen LogP contribution in [0, 0.1) is 0 Å². The number of benzene rings is 1. The van der Waals surface area contributed by atoms with Gasteiger partial charge in [0.2, 0.25) is 0 Å². The van der Waals surface area contributed by atoms with E-state index in [1.54, 1.807) is 0 Å². The van der Waals surface area contributed by atoms with Crippen LogP contribution in [-0.2, 0) is 6.54 Å². The van der Waals surface area contributed by atoms with Gasteiger partial charge in [0.25, 0.3) is 0 Å². The number of pyridine rings is 1. The molecular weight excluding hydrogens is 298 g/mol. The minimum absolute atomic E-state index is 0.377. The van der Waals surface area contributed by atoms with Gasteiger partial charge in [0.1, 0.15) is 0 Å². The third kappa shape index (κ3) is 3.21. The van der Waals surface area contributed by atoms with E-state index in [1.165, 1.54) is 12.8 Å². The Kier molecular flexibility index (Phi) is 4.34. The van der Waals surface area contributed by atoms with Gasteiger partial charge in [-0.2, -0.15) is 0 Å². The van der Waals surface area contributed by atoms with Gasteiger partial charge in [-0.1, -0.05) is 35.9 Å². The third-order valence-electron chi connectivity index (χ3n) is 4.57. The Hall–Kier alpha value is -2.53. The lowest BCUT2D eigenvalue weighted by Crippen LogP contribution is -2.33. The fraction of sp³-hybridized carbons (Fsp3) is 0.316. The summed E-state index contributed by atoms with van der Waals surface area (Å²) in [4.78, 5) is 7.04. The minimum Gasteiger partial charge on any atom is -0.289 e. The molecule has 0 saturated carbocycles. The summed E-state index contributed by atoms with van der Waals surface area (Å²) in [5.41, 5.74) is 3.20. The van der Waals surface area contributed by atoms with Crippen LogP contribution in [0.1, 0.15) is 36.7 Å². The highest BCUT2D eigenvalue weighted by Gasteiger charge is 2.25. The van der Waals surface area contributed by atoms with Gasteiger partial charge in [-0.25, -0.2) is 4.68 Å². The van der Waals surface area contributed by atoms with Crippen molar-refractivity contribution in [3.63, 3.8) is 0 Å². The lowest BCUT2D eigenvalue weighted by Gasteiger charge is -2.34. The van der Waals surface area contributed by atoms with Crippen molar-refractivity contribution in [3.8, 4) is 5.69 Å². The molecule has 122 valence electrons. The Labute approximate surface area is 142 Å². The first kappa shape index (κ1) is 15.0. The van der Waals surface area contributed by atoms with Crippen LogP contribution in [-0.4, -0.2) is 31.4 Å². The van der Waals surface area contributed by atoms with E-state index in [0.717, 1.165) is 36.6 Å². The quantitative estimate of drug-likeness (QED) is 0.739. The van der Waals surface area contributed by atoms with Crippen LogP contribution in [0.25, 0.3) is 5.69 Å². The average molecular weight is 319 g/mol. The summed E-state index contributed by atoms with van der Waals surface area (Å²) in [7, 11) is 0. The first-order valence-corrected chi connectivity index (χ1v) is 8.52. The molecule has 1 unspecified atom stereocenters. The standard InChI is InChI=1S/C19H21N5/c1-2-8-17(9-3-1)24-15-16(21-22-24)14-23-13-7-5-11-19(23)18-10-4-6-12-20-18/h1-4,6,8-10,12,15,19H,5,7,11,13-14H2. The maximum absolute atomic E-state index is 4.56. The van der Waals surface area contributed by atoms with E-state index in [9.17, 15) is 0 Å². The Morgan fingerprint density at radius 2 is 1.88 bits per heavy atom. The Bertz CT molecular complexity index is 769. The van der Waals surface area contributed by atoms with Crippen molar-refractivity contribution < 1.29 is 0 Å². The first-order chi connectivity index (χ1) is 11.9. The molecule has 2 aromatic heterocycles. The molecule has 1 saturated heterocycles. The average Bonchev–Trinajstić information content (AvgIpc) is 3.12. The third-order valence-corrected chi connectivity index (χ3v) is 4.57. The van der Waals surface area contributed by atoms with Crippen LogP contribution in [0.5, 0.6) is 0 Å². The largest absolute Gasteiger partial charge is 0.289 e. The van der Waals surface area contributed by atoms with Crippen molar-refractivity contribution in [1.29, 1.82) is 0 Å². The molecule has 0 aliphatic carbocycles. The Morgan fingerprint density at radius 1 is 1.00 bits per heavy atom. The van der Waals surface area contributed by atoms with Gasteiger partial charge in [0.05, 0.1) is 29.3 Å². The van der Waals surface area contributed by atoms with Crippen molar-refractivity contribution in [3.05, 3.63) is 72.3 Å². The Balaban J connectivity index is 1.52. The molecule has 24 heavy (non-hydrogen) atoms. The van der Waals surface area contributed by atoms with Crippen LogP contribution in [0.15, 0.2) is 60.9 Å². The Morgan fingerprint density at radius 3 is 2.71 bits per heavy atom. The van der Waals surface area contributed by atoms with Gasteiger partial charge >= 0.3 is 0 Å². The van der Waals surface area contributed by atoms with Gasteiger partial charge in [-0.3, -0.25) is 9.88 Å².